The van der Waals surface area contributed by atoms with E-state index >= 15 is 0 Å². The van der Waals surface area contributed by atoms with E-state index in [0.717, 1.165) is 12.1 Å². The normalized spacial score (nSPS) is 10.8. The Kier molecular flexibility index (Phi) is 3.59. The van der Waals surface area contributed by atoms with Crippen LogP contribution in [-0.4, -0.2) is 20.5 Å². The molecule has 0 aliphatic rings. The third kappa shape index (κ3) is 2.25. The predicted molar refractivity (Wildman–Crippen MR) is 67.8 cm³/mol. The van der Waals surface area contributed by atoms with Crippen LogP contribution in [0.1, 0.15) is 34.4 Å². The Balaban J connectivity index is 2.43. The van der Waals surface area contributed by atoms with Crippen molar-refractivity contribution in [1.29, 1.82) is 0 Å². The molecule has 0 aromatic carbocycles. The summed E-state index contributed by atoms with van der Waals surface area (Å²) >= 11 is 7.36. The molecule has 0 unspecified atom stereocenters. The van der Waals surface area contributed by atoms with Crippen molar-refractivity contribution in [2.75, 3.05) is 0 Å². The Hall–Kier alpha value is -1.20. The molecule has 0 aliphatic heterocycles. The highest BCUT2D eigenvalue weighted by molar-refractivity contribution is 7.12. The second-order valence-corrected chi connectivity index (χ2v) is 4.92. The van der Waals surface area contributed by atoms with E-state index in [9.17, 15) is 4.79 Å². The highest BCUT2D eigenvalue weighted by Gasteiger charge is 2.21. The van der Waals surface area contributed by atoms with Gasteiger partial charge < -0.3 is 0 Å². The first-order valence-electron chi connectivity index (χ1n) is 5.31. The molecule has 17 heavy (non-hydrogen) atoms. The lowest BCUT2D eigenvalue weighted by atomic mass is 10.2. The number of aromatic nitrogens is 3. The van der Waals surface area contributed by atoms with E-state index in [2.05, 4.69) is 10.1 Å². The topological polar surface area (TPSA) is 47.8 Å². The summed E-state index contributed by atoms with van der Waals surface area (Å²) in [6.07, 6.45) is 2.42. The molecule has 0 spiro atoms. The Labute approximate surface area is 108 Å². The van der Waals surface area contributed by atoms with Gasteiger partial charge in [0, 0.05) is 6.54 Å². The zero-order chi connectivity index (χ0) is 12.4. The van der Waals surface area contributed by atoms with Crippen LogP contribution in [0.4, 0.5) is 0 Å². The Morgan fingerprint density at radius 3 is 2.94 bits per heavy atom. The van der Waals surface area contributed by atoms with E-state index < -0.39 is 0 Å². The van der Waals surface area contributed by atoms with Crippen molar-refractivity contribution < 1.29 is 4.79 Å². The number of carbonyl (C=O) groups excluding carboxylic acids is 1. The molecule has 2 aromatic rings. The van der Waals surface area contributed by atoms with Gasteiger partial charge in [0.05, 0.1) is 27.3 Å². The lowest BCUT2D eigenvalue weighted by Gasteiger charge is -2.04. The number of rotatable bonds is 4. The van der Waals surface area contributed by atoms with Crippen LogP contribution in [0.2, 0.25) is 5.02 Å². The van der Waals surface area contributed by atoms with Crippen molar-refractivity contribution in [1.82, 2.24) is 14.8 Å². The van der Waals surface area contributed by atoms with Gasteiger partial charge in [-0.2, -0.15) is 5.10 Å². The summed E-state index contributed by atoms with van der Waals surface area (Å²) in [6, 6.07) is 0. The molecular weight excluding hydrogens is 258 g/mol. The van der Waals surface area contributed by atoms with Gasteiger partial charge in [-0.25, -0.2) is 4.98 Å². The Morgan fingerprint density at radius 1 is 1.59 bits per heavy atom. The molecule has 0 fully saturated rings. The molecule has 90 valence electrons. The van der Waals surface area contributed by atoms with Gasteiger partial charge in [-0.05, 0) is 13.3 Å². The fourth-order valence-corrected chi connectivity index (χ4v) is 2.57. The molecule has 0 N–H and O–H groups in total. The minimum absolute atomic E-state index is 0.0963. The number of thiazole rings is 1. The average molecular weight is 270 g/mol. The van der Waals surface area contributed by atoms with Gasteiger partial charge in [-0.3, -0.25) is 9.48 Å². The predicted octanol–water partition coefficient (Wildman–Crippen LogP) is 2.94. The molecule has 0 atom stereocenters. The van der Waals surface area contributed by atoms with Crippen LogP contribution in [0.5, 0.6) is 0 Å². The second kappa shape index (κ2) is 4.98. The van der Waals surface area contributed by atoms with Crippen molar-refractivity contribution in [2.24, 2.45) is 0 Å². The molecular formula is C11H12ClN3OS. The van der Waals surface area contributed by atoms with Crippen LogP contribution < -0.4 is 0 Å². The van der Waals surface area contributed by atoms with Crippen LogP contribution in [0.3, 0.4) is 0 Å². The van der Waals surface area contributed by atoms with E-state index in [1.807, 2.05) is 13.8 Å². The first kappa shape index (κ1) is 12.3. The monoisotopic (exact) mass is 269 g/mol. The van der Waals surface area contributed by atoms with Gasteiger partial charge in [0.2, 0.25) is 5.78 Å². The largest absolute Gasteiger partial charge is 0.286 e. The third-order valence-corrected chi connectivity index (χ3v) is 3.60. The number of nitrogens with zero attached hydrogens (tertiary/aromatic N) is 3. The van der Waals surface area contributed by atoms with E-state index in [4.69, 9.17) is 11.6 Å². The first-order chi connectivity index (χ1) is 8.15. The molecule has 0 radical (unpaired) electrons. The summed E-state index contributed by atoms with van der Waals surface area (Å²) < 4.78 is 1.66. The summed E-state index contributed by atoms with van der Waals surface area (Å²) in [5.74, 6) is -0.0963. The molecule has 0 aliphatic carbocycles. The van der Waals surface area contributed by atoms with E-state index in [-0.39, 0.29) is 5.78 Å². The average Bonchev–Trinajstić information content (AvgIpc) is 2.86. The first-order valence-corrected chi connectivity index (χ1v) is 6.57. The molecule has 4 nitrogen and oxygen atoms in total. The van der Waals surface area contributed by atoms with Gasteiger partial charge in [0.1, 0.15) is 5.69 Å². The number of hydrogen-bond acceptors (Lipinski definition) is 4. The van der Waals surface area contributed by atoms with Crippen molar-refractivity contribution in [2.45, 2.75) is 26.8 Å². The minimum Gasteiger partial charge on any atom is -0.286 e. The van der Waals surface area contributed by atoms with Crippen molar-refractivity contribution in [3.05, 3.63) is 33.0 Å². The quantitative estimate of drug-likeness (QED) is 0.802. The lowest BCUT2D eigenvalue weighted by Crippen LogP contribution is -2.11. The summed E-state index contributed by atoms with van der Waals surface area (Å²) in [5.41, 5.74) is 2.86. The van der Waals surface area contributed by atoms with Crippen LogP contribution in [-0.2, 0) is 6.54 Å². The maximum absolute atomic E-state index is 12.3. The SMILES string of the molecule is CCCn1ncc(Cl)c1C(=O)c1scnc1C. The van der Waals surface area contributed by atoms with Crippen LogP contribution >= 0.6 is 22.9 Å². The zero-order valence-electron chi connectivity index (χ0n) is 9.61. The Bertz CT molecular complexity index is 547. The van der Waals surface area contributed by atoms with Gasteiger partial charge >= 0.3 is 0 Å². The number of carbonyl (C=O) groups is 1. The molecule has 0 saturated heterocycles. The fourth-order valence-electron chi connectivity index (χ4n) is 1.60. The molecule has 0 saturated carbocycles. The zero-order valence-corrected chi connectivity index (χ0v) is 11.2. The highest BCUT2D eigenvalue weighted by atomic mass is 35.5. The van der Waals surface area contributed by atoms with Crippen LogP contribution in [0, 0.1) is 6.92 Å². The standard InChI is InChI=1S/C11H12ClN3OS/c1-3-4-15-9(8(12)5-14-15)10(16)11-7(2)13-6-17-11/h5-6H,3-4H2,1-2H3. The van der Waals surface area contributed by atoms with E-state index in [1.165, 1.54) is 17.5 Å². The van der Waals surface area contributed by atoms with E-state index in [0.29, 0.717) is 22.1 Å². The summed E-state index contributed by atoms with van der Waals surface area (Å²) in [5, 5.41) is 4.51. The van der Waals surface area contributed by atoms with E-state index in [1.54, 1.807) is 10.2 Å². The van der Waals surface area contributed by atoms with Crippen molar-refractivity contribution in [3.63, 3.8) is 0 Å². The van der Waals surface area contributed by atoms with Gasteiger partial charge in [-0.15, -0.1) is 11.3 Å². The summed E-state index contributed by atoms with van der Waals surface area (Å²) in [6.45, 7) is 4.53. The maximum Gasteiger partial charge on any atom is 0.224 e. The van der Waals surface area contributed by atoms with Gasteiger partial charge in [-0.1, -0.05) is 18.5 Å². The lowest BCUT2D eigenvalue weighted by molar-refractivity contribution is 0.103. The third-order valence-electron chi connectivity index (χ3n) is 2.40. The number of hydrogen-bond donors (Lipinski definition) is 0. The highest BCUT2D eigenvalue weighted by Crippen LogP contribution is 2.23. The molecule has 0 amide bonds. The second-order valence-electron chi connectivity index (χ2n) is 3.66. The molecule has 6 heteroatoms. The fraction of sp³-hybridized carbons (Fsp3) is 0.364. The smallest absolute Gasteiger partial charge is 0.224 e. The molecule has 2 rings (SSSR count). The van der Waals surface area contributed by atoms with Gasteiger partial charge in [0.25, 0.3) is 0 Å². The molecule has 2 aromatic heterocycles. The maximum atomic E-state index is 12.3. The molecule has 0 bridgehead atoms. The number of aryl methyl sites for hydroxylation is 2. The summed E-state index contributed by atoms with van der Waals surface area (Å²) in [4.78, 5) is 17.0. The number of ketones is 1. The Morgan fingerprint density at radius 2 is 2.35 bits per heavy atom. The van der Waals surface area contributed by atoms with Crippen molar-refractivity contribution >= 4 is 28.7 Å². The van der Waals surface area contributed by atoms with Crippen LogP contribution in [0.15, 0.2) is 11.7 Å². The minimum atomic E-state index is -0.0963. The number of halogens is 1. The molecule has 2 heterocycles. The van der Waals surface area contributed by atoms with Crippen molar-refractivity contribution in [3.8, 4) is 0 Å². The summed E-state index contributed by atoms with van der Waals surface area (Å²) in [7, 11) is 0. The van der Waals surface area contributed by atoms with Gasteiger partial charge in [0.15, 0.2) is 0 Å². The van der Waals surface area contributed by atoms with Crippen LogP contribution in [0.25, 0.3) is 0 Å².